The number of nitrogens with zero attached hydrogens (tertiary/aromatic N) is 3. The fourth-order valence-electron chi connectivity index (χ4n) is 3.25. The second-order valence-electron chi connectivity index (χ2n) is 6.28. The molecular weight excluding hydrogens is 308 g/mol. The Morgan fingerprint density at radius 2 is 1.78 bits per heavy atom. The molecule has 2 heterocycles. The number of likely N-dealkylation sites (tertiary alicyclic amines) is 1. The lowest BCUT2D eigenvalue weighted by molar-refractivity contribution is 0.166. The van der Waals surface area contributed by atoms with Crippen molar-refractivity contribution in [3.8, 4) is 0 Å². The summed E-state index contributed by atoms with van der Waals surface area (Å²) < 4.78 is 0. The van der Waals surface area contributed by atoms with E-state index in [9.17, 15) is 0 Å². The first kappa shape index (κ1) is 14.7. The second kappa shape index (κ2) is 5.95. The first-order chi connectivity index (χ1) is 11.2. The van der Waals surface area contributed by atoms with Gasteiger partial charge in [-0.05, 0) is 29.8 Å². The molecule has 4 nitrogen and oxygen atoms in total. The van der Waals surface area contributed by atoms with Crippen LogP contribution in [0.3, 0.4) is 0 Å². The van der Waals surface area contributed by atoms with Gasteiger partial charge in [0.1, 0.15) is 5.69 Å². The summed E-state index contributed by atoms with van der Waals surface area (Å²) in [5.74, 6) is 0. The number of fused-ring (bicyclic) bond motifs is 1. The number of rotatable bonds is 2. The molecule has 0 amide bonds. The summed E-state index contributed by atoms with van der Waals surface area (Å²) in [6, 6.07) is 16.2. The van der Waals surface area contributed by atoms with Gasteiger partial charge >= 0.3 is 0 Å². The zero-order valence-corrected chi connectivity index (χ0v) is 13.6. The summed E-state index contributed by atoms with van der Waals surface area (Å²) in [6.07, 6.45) is 1.94. The number of halogens is 1. The molecule has 0 radical (unpaired) electrons. The van der Waals surface area contributed by atoms with Crippen molar-refractivity contribution in [2.45, 2.75) is 25.0 Å². The van der Waals surface area contributed by atoms with E-state index in [4.69, 9.17) is 11.6 Å². The summed E-state index contributed by atoms with van der Waals surface area (Å²) in [6.45, 7) is 2.98. The zero-order chi connectivity index (χ0) is 15.7. The molecule has 0 bridgehead atoms. The Bertz CT molecular complexity index is 718. The summed E-state index contributed by atoms with van der Waals surface area (Å²) in [4.78, 5) is 2.46. The lowest BCUT2D eigenvalue weighted by Crippen LogP contribution is -2.48. The maximum atomic E-state index is 5.95. The van der Waals surface area contributed by atoms with Crippen LogP contribution in [0.1, 0.15) is 18.4 Å². The standard InChI is InChI=1S/C18H19ClN4/c19-15-7-5-14(6-8-15)13-23-11-9-18(10-12-23)20-16-3-1-2-4-17(16)21-22-18/h1-8,20H,9-13H2. The zero-order valence-electron chi connectivity index (χ0n) is 12.9. The first-order valence-electron chi connectivity index (χ1n) is 7.99. The van der Waals surface area contributed by atoms with Gasteiger partial charge in [0.05, 0.1) is 5.69 Å². The van der Waals surface area contributed by atoms with E-state index < -0.39 is 0 Å². The Balaban J connectivity index is 1.41. The molecule has 23 heavy (non-hydrogen) atoms. The highest BCUT2D eigenvalue weighted by molar-refractivity contribution is 6.30. The van der Waals surface area contributed by atoms with E-state index in [0.717, 1.165) is 48.9 Å². The van der Waals surface area contributed by atoms with Gasteiger partial charge in [-0.3, -0.25) is 4.90 Å². The first-order valence-corrected chi connectivity index (χ1v) is 8.37. The lowest BCUT2D eigenvalue weighted by Gasteiger charge is -2.41. The van der Waals surface area contributed by atoms with Crippen LogP contribution >= 0.6 is 11.6 Å². The van der Waals surface area contributed by atoms with Gasteiger partial charge in [-0.1, -0.05) is 35.9 Å². The number of hydrogen-bond donors (Lipinski definition) is 1. The van der Waals surface area contributed by atoms with Crippen LogP contribution in [0.15, 0.2) is 58.8 Å². The van der Waals surface area contributed by atoms with E-state index in [2.05, 4.69) is 38.6 Å². The third-order valence-corrected chi connectivity index (χ3v) is 4.88. The van der Waals surface area contributed by atoms with Crippen LogP contribution in [-0.4, -0.2) is 23.7 Å². The van der Waals surface area contributed by atoms with Crippen molar-refractivity contribution in [1.29, 1.82) is 0 Å². The van der Waals surface area contributed by atoms with Gasteiger partial charge < -0.3 is 5.32 Å². The quantitative estimate of drug-likeness (QED) is 0.857. The van der Waals surface area contributed by atoms with Crippen LogP contribution in [-0.2, 0) is 6.54 Å². The Hall–Kier alpha value is -1.91. The van der Waals surface area contributed by atoms with E-state index in [1.54, 1.807) is 0 Å². The minimum Gasteiger partial charge on any atom is -0.358 e. The van der Waals surface area contributed by atoms with Gasteiger partial charge in [0.25, 0.3) is 0 Å². The third-order valence-electron chi connectivity index (χ3n) is 4.62. The molecule has 2 aromatic carbocycles. The molecule has 0 saturated carbocycles. The summed E-state index contributed by atoms with van der Waals surface area (Å²) in [5, 5.41) is 13.4. The van der Waals surface area contributed by atoms with E-state index in [1.807, 2.05) is 30.3 Å². The van der Waals surface area contributed by atoms with Crippen molar-refractivity contribution in [2.75, 3.05) is 18.4 Å². The van der Waals surface area contributed by atoms with Gasteiger partial charge in [-0.15, -0.1) is 0 Å². The molecule has 4 rings (SSSR count). The molecule has 2 aliphatic rings. The number of benzene rings is 2. The molecule has 0 atom stereocenters. The van der Waals surface area contributed by atoms with Crippen LogP contribution in [0.5, 0.6) is 0 Å². The van der Waals surface area contributed by atoms with Crippen molar-refractivity contribution in [3.05, 3.63) is 59.1 Å². The van der Waals surface area contributed by atoms with E-state index in [1.165, 1.54) is 5.56 Å². The number of azo groups is 1. The number of hydrogen-bond acceptors (Lipinski definition) is 4. The van der Waals surface area contributed by atoms with Crippen molar-refractivity contribution in [2.24, 2.45) is 10.2 Å². The molecule has 1 spiro atoms. The monoisotopic (exact) mass is 326 g/mol. The van der Waals surface area contributed by atoms with Gasteiger partial charge in [0, 0.05) is 37.5 Å². The van der Waals surface area contributed by atoms with Crippen LogP contribution in [0.4, 0.5) is 11.4 Å². The molecule has 0 unspecified atom stereocenters. The number of anilines is 1. The van der Waals surface area contributed by atoms with Crippen LogP contribution < -0.4 is 5.32 Å². The SMILES string of the molecule is Clc1ccc(CN2CCC3(CC2)N=Nc2ccccc2N3)cc1. The Labute approximate surface area is 141 Å². The Kier molecular flexibility index (Phi) is 3.79. The van der Waals surface area contributed by atoms with Gasteiger partial charge in [0.15, 0.2) is 5.66 Å². The largest absolute Gasteiger partial charge is 0.358 e. The molecule has 118 valence electrons. The summed E-state index contributed by atoms with van der Waals surface area (Å²) in [5.41, 5.74) is 3.09. The Morgan fingerprint density at radius 3 is 2.57 bits per heavy atom. The second-order valence-corrected chi connectivity index (χ2v) is 6.71. The lowest BCUT2D eigenvalue weighted by atomic mass is 9.96. The van der Waals surface area contributed by atoms with Crippen LogP contribution in [0.2, 0.25) is 5.02 Å². The maximum absolute atomic E-state index is 5.95. The van der Waals surface area contributed by atoms with E-state index in [-0.39, 0.29) is 5.66 Å². The van der Waals surface area contributed by atoms with Crippen molar-refractivity contribution < 1.29 is 0 Å². The summed E-state index contributed by atoms with van der Waals surface area (Å²) >= 11 is 5.95. The van der Waals surface area contributed by atoms with Crippen molar-refractivity contribution >= 4 is 23.0 Å². The van der Waals surface area contributed by atoms with Crippen molar-refractivity contribution in [1.82, 2.24) is 4.90 Å². The minimum absolute atomic E-state index is 0.231. The predicted octanol–water partition coefficient (Wildman–Crippen LogP) is 4.84. The molecular formula is C18H19ClN4. The Morgan fingerprint density at radius 1 is 1.04 bits per heavy atom. The fourth-order valence-corrected chi connectivity index (χ4v) is 3.37. The highest BCUT2D eigenvalue weighted by Gasteiger charge is 2.37. The summed E-state index contributed by atoms with van der Waals surface area (Å²) in [7, 11) is 0. The molecule has 1 fully saturated rings. The molecule has 1 N–H and O–H groups in total. The fraction of sp³-hybridized carbons (Fsp3) is 0.333. The van der Waals surface area contributed by atoms with Crippen LogP contribution in [0.25, 0.3) is 0 Å². The number of para-hydroxylation sites is 1. The normalized spacial score (nSPS) is 19.3. The third kappa shape index (κ3) is 3.09. The highest BCUT2D eigenvalue weighted by Crippen LogP contribution is 2.38. The average molecular weight is 327 g/mol. The molecule has 2 aliphatic heterocycles. The molecule has 0 aromatic heterocycles. The van der Waals surface area contributed by atoms with Crippen LogP contribution in [0, 0.1) is 0 Å². The minimum atomic E-state index is -0.231. The maximum Gasteiger partial charge on any atom is 0.153 e. The van der Waals surface area contributed by atoms with Gasteiger partial charge in [-0.2, -0.15) is 10.2 Å². The smallest absolute Gasteiger partial charge is 0.153 e. The topological polar surface area (TPSA) is 40.0 Å². The van der Waals surface area contributed by atoms with E-state index in [0.29, 0.717) is 0 Å². The predicted molar refractivity (Wildman–Crippen MR) is 93.3 cm³/mol. The van der Waals surface area contributed by atoms with Gasteiger partial charge in [0.2, 0.25) is 0 Å². The van der Waals surface area contributed by atoms with Crippen molar-refractivity contribution in [3.63, 3.8) is 0 Å². The molecule has 5 heteroatoms. The van der Waals surface area contributed by atoms with E-state index >= 15 is 0 Å². The molecule has 1 saturated heterocycles. The molecule has 0 aliphatic carbocycles. The number of nitrogens with one attached hydrogen (secondary N) is 1. The van der Waals surface area contributed by atoms with Gasteiger partial charge in [-0.25, -0.2) is 0 Å². The molecule has 2 aromatic rings. The average Bonchev–Trinajstić information content (AvgIpc) is 2.59. The highest BCUT2D eigenvalue weighted by atomic mass is 35.5. The number of piperidine rings is 1.